The molecule has 0 fully saturated rings. The molecule has 12 heavy (non-hydrogen) atoms. The number of carbonyl (C=O) groups is 2. The van der Waals surface area contributed by atoms with Gasteiger partial charge in [-0.15, -0.1) is 0 Å². The van der Waals surface area contributed by atoms with E-state index in [0.717, 1.165) is 0 Å². The van der Waals surface area contributed by atoms with Crippen LogP contribution in [0.4, 0.5) is 0 Å². The van der Waals surface area contributed by atoms with Gasteiger partial charge in [-0.1, -0.05) is 0 Å². The summed E-state index contributed by atoms with van der Waals surface area (Å²) in [6, 6.07) is 1.47. The van der Waals surface area contributed by atoms with Gasteiger partial charge in [0.2, 0.25) is 9.61 Å². The van der Waals surface area contributed by atoms with E-state index in [2.05, 4.69) is 9.97 Å². The number of aromatic nitrogens is 2. The van der Waals surface area contributed by atoms with E-state index in [1.807, 2.05) is 0 Å². The number of nitrogens with zero attached hydrogens (tertiary/aromatic N) is 2. The third kappa shape index (κ3) is 2.44. The maximum atomic E-state index is 10.8. The van der Waals surface area contributed by atoms with Gasteiger partial charge in [0, 0.05) is 51.4 Å². The number of carbonyl (C=O) groups excluding carboxylic acids is 2. The van der Waals surface area contributed by atoms with Crippen molar-refractivity contribution in [1.29, 1.82) is 0 Å². The zero-order valence-electron chi connectivity index (χ0n) is 5.62. The SMILES string of the molecule is O=C(I)c1ccnc(C(=O)I)n1. The monoisotopic (exact) mass is 388 g/mol. The maximum Gasteiger partial charge on any atom is 0.259 e. The Morgan fingerprint density at radius 1 is 1.25 bits per heavy atom. The molecule has 0 aliphatic rings. The van der Waals surface area contributed by atoms with Gasteiger partial charge < -0.3 is 0 Å². The van der Waals surface area contributed by atoms with Gasteiger partial charge in [-0.2, -0.15) is 0 Å². The summed E-state index contributed by atoms with van der Waals surface area (Å²) in [5, 5.41) is 0. The van der Waals surface area contributed by atoms with E-state index in [9.17, 15) is 9.59 Å². The largest absolute Gasteiger partial charge is 0.280 e. The fraction of sp³-hybridized carbons (Fsp3) is 0. The maximum absolute atomic E-state index is 10.8. The third-order valence-electron chi connectivity index (χ3n) is 1.03. The predicted octanol–water partition coefficient (Wildman–Crippen LogP) is 1.63. The third-order valence-corrected chi connectivity index (χ3v) is 2.07. The first-order chi connectivity index (χ1) is 5.61. The highest BCUT2D eigenvalue weighted by Gasteiger charge is 2.08. The van der Waals surface area contributed by atoms with Crippen molar-refractivity contribution in [3.63, 3.8) is 0 Å². The van der Waals surface area contributed by atoms with Gasteiger partial charge in [-0.3, -0.25) is 9.59 Å². The van der Waals surface area contributed by atoms with Gasteiger partial charge in [0.15, 0.2) is 0 Å². The minimum absolute atomic E-state index is 0.0677. The summed E-state index contributed by atoms with van der Waals surface area (Å²) in [6.45, 7) is 0. The van der Waals surface area contributed by atoms with E-state index < -0.39 is 0 Å². The second-order valence-electron chi connectivity index (χ2n) is 1.81. The quantitative estimate of drug-likeness (QED) is 0.571. The van der Waals surface area contributed by atoms with Crippen molar-refractivity contribution in [3.05, 3.63) is 23.8 Å². The van der Waals surface area contributed by atoms with Crippen LogP contribution in [0, 0.1) is 0 Å². The van der Waals surface area contributed by atoms with Crippen molar-refractivity contribution < 1.29 is 9.59 Å². The van der Waals surface area contributed by atoms with Gasteiger partial charge in [0.05, 0.1) is 0 Å². The molecule has 0 aliphatic heterocycles. The number of hydrogen-bond donors (Lipinski definition) is 0. The first-order valence-corrected chi connectivity index (χ1v) is 4.99. The Morgan fingerprint density at radius 3 is 2.42 bits per heavy atom. The fourth-order valence-electron chi connectivity index (χ4n) is 0.563. The molecule has 0 amide bonds. The van der Waals surface area contributed by atoms with E-state index in [1.165, 1.54) is 12.3 Å². The molecule has 0 bridgehead atoms. The summed E-state index contributed by atoms with van der Waals surface area (Å²) in [5.74, 6) is 0.0677. The molecule has 4 nitrogen and oxygen atoms in total. The highest BCUT2D eigenvalue weighted by atomic mass is 127. The van der Waals surface area contributed by atoms with Crippen LogP contribution in [0.15, 0.2) is 12.3 Å². The van der Waals surface area contributed by atoms with Crippen LogP contribution >= 0.6 is 45.2 Å². The Bertz CT molecular complexity index is 311. The van der Waals surface area contributed by atoms with Gasteiger partial charge in [-0.05, 0) is 6.07 Å². The molecule has 0 saturated carbocycles. The minimum atomic E-state index is -0.271. The molecule has 1 aromatic heterocycles. The van der Waals surface area contributed by atoms with Crippen molar-refractivity contribution in [3.8, 4) is 0 Å². The summed E-state index contributed by atoms with van der Waals surface area (Å²) >= 11 is 3.18. The zero-order chi connectivity index (χ0) is 9.14. The van der Waals surface area contributed by atoms with Gasteiger partial charge in [-0.25, -0.2) is 9.97 Å². The van der Waals surface area contributed by atoms with Crippen molar-refractivity contribution >= 4 is 52.8 Å². The van der Waals surface area contributed by atoms with Gasteiger partial charge in [0.25, 0.3) is 3.79 Å². The Hall–Kier alpha value is -0.120. The summed E-state index contributed by atoms with van der Waals surface area (Å²) in [7, 11) is 0. The standard InChI is InChI=1S/C6H2I2N2O2/c7-4(11)3-1-2-9-6(10-3)5(8)12/h1-2H. The molecule has 1 heterocycles. The van der Waals surface area contributed by atoms with E-state index in [4.69, 9.17) is 0 Å². The molecule has 0 aromatic carbocycles. The highest BCUT2D eigenvalue weighted by Crippen LogP contribution is 2.04. The molecule has 0 saturated heterocycles. The van der Waals surface area contributed by atoms with Crippen molar-refractivity contribution in [1.82, 2.24) is 9.97 Å². The van der Waals surface area contributed by atoms with Crippen LogP contribution in [0.5, 0.6) is 0 Å². The lowest BCUT2D eigenvalue weighted by molar-refractivity contribution is 0.109. The molecular weight excluding hydrogens is 386 g/mol. The van der Waals surface area contributed by atoms with Crippen LogP contribution in [0.1, 0.15) is 21.1 Å². The molecule has 0 atom stereocenters. The van der Waals surface area contributed by atoms with Crippen LogP contribution in [-0.2, 0) is 0 Å². The van der Waals surface area contributed by atoms with Gasteiger partial charge in [0.1, 0.15) is 5.69 Å². The second kappa shape index (κ2) is 4.21. The number of rotatable bonds is 2. The Morgan fingerprint density at radius 2 is 1.92 bits per heavy atom. The average Bonchev–Trinajstić information content (AvgIpc) is 2.04. The number of halogens is 2. The molecule has 6 heteroatoms. The molecule has 62 valence electrons. The molecule has 0 radical (unpaired) electrons. The lowest BCUT2D eigenvalue weighted by Crippen LogP contribution is -2.02. The first kappa shape index (κ1) is 9.96. The summed E-state index contributed by atoms with van der Waals surface area (Å²) < 4.78 is -0.471. The van der Waals surface area contributed by atoms with E-state index in [-0.39, 0.29) is 19.1 Å². The van der Waals surface area contributed by atoms with Crippen molar-refractivity contribution in [2.24, 2.45) is 0 Å². The van der Waals surface area contributed by atoms with Crippen LogP contribution < -0.4 is 0 Å². The highest BCUT2D eigenvalue weighted by molar-refractivity contribution is 14.1. The van der Waals surface area contributed by atoms with E-state index >= 15 is 0 Å². The van der Waals surface area contributed by atoms with Gasteiger partial charge >= 0.3 is 0 Å². The Labute approximate surface area is 95.4 Å². The molecule has 1 aromatic rings. The van der Waals surface area contributed by atoms with Crippen LogP contribution in [0.3, 0.4) is 0 Å². The predicted molar refractivity (Wildman–Crippen MR) is 58.7 cm³/mol. The lowest BCUT2D eigenvalue weighted by atomic mass is 10.4. The lowest BCUT2D eigenvalue weighted by Gasteiger charge is -1.93. The minimum Gasteiger partial charge on any atom is -0.280 e. The second-order valence-corrected chi connectivity index (χ2v) is 3.77. The molecule has 0 N–H and O–H groups in total. The fourth-order valence-corrected chi connectivity index (χ4v) is 1.12. The van der Waals surface area contributed by atoms with Crippen molar-refractivity contribution in [2.75, 3.05) is 0 Å². The Balaban J connectivity index is 3.12. The Kier molecular flexibility index (Phi) is 3.50. The zero-order valence-corrected chi connectivity index (χ0v) is 9.94. The smallest absolute Gasteiger partial charge is 0.259 e. The first-order valence-electron chi connectivity index (χ1n) is 2.84. The molecule has 0 spiro atoms. The average molecular weight is 388 g/mol. The summed E-state index contributed by atoms with van der Waals surface area (Å²) in [6.07, 6.45) is 1.39. The van der Waals surface area contributed by atoms with Crippen LogP contribution in [0.25, 0.3) is 0 Å². The van der Waals surface area contributed by atoms with E-state index in [1.54, 1.807) is 45.2 Å². The number of hydrogen-bond acceptors (Lipinski definition) is 4. The van der Waals surface area contributed by atoms with E-state index in [0.29, 0.717) is 0 Å². The van der Waals surface area contributed by atoms with Crippen molar-refractivity contribution in [2.45, 2.75) is 0 Å². The summed E-state index contributed by atoms with van der Waals surface area (Å²) in [4.78, 5) is 29.0. The molecule has 0 aliphatic carbocycles. The normalized spacial score (nSPS) is 9.50. The van der Waals surface area contributed by atoms with Crippen LogP contribution in [0.2, 0.25) is 0 Å². The molecule has 1 rings (SSSR count). The molecule has 0 unspecified atom stereocenters. The topological polar surface area (TPSA) is 59.9 Å². The molecular formula is C6H2I2N2O2. The summed E-state index contributed by atoms with van der Waals surface area (Å²) in [5.41, 5.74) is 0.255. The van der Waals surface area contributed by atoms with Crippen LogP contribution in [-0.4, -0.2) is 17.5 Å².